The van der Waals surface area contributed by atoms with Crippen molar-refractivity contribution in [3.05, 3.63) is 51.1 Å². The van der Waals surface area contributed by atoms with Gasteiger partial charge in [-0.1, -0.05) is 41.9 Å². The van der Waals surface area contributed by atoms with Gasteiger partial charge in [-0.15, -0.1) is 11.3 Å². The normalized spacial score (nSPS) is 15.4. The number of nitrogens with one attached hydrogen (secondary N) is 1. The predicted molar refractivity (Wildman–Crippen MR) is 106 cm³/mol. The van der Waals surface area contributed by atoms with E-state index in [1.54, 1.807) is 6.08 Å². The summed E-state index contributed by atoms with van der Waals surface area (Å²) in [5.74, 6) is -2.96. The Hall–Kier alpha value is -2.69. The number of rotatable bonds is 5. The van der Waals surface area contributed by atoms with Crippen LogP contribution < -0.4 is 10.4 Å². The fraction of sp³-hybridized carbons (Fsp3) is 0.0588. The van der Waals surface area contributed by atoms with Crippen molar-refractivity contribution in [1.29, 1.82) is 0 Å². The molecule has 1 aliphatic rings. The summed E-state index contributed by atoms with van der Waals surface area (Å²) in [5, 5.41) is 24.8. The van der Waals surface area contributed by atoms with Gasteiger partial charge in [0.05, 0.1) is 10.5 Å². The minimum Gasteiger partial charge on any atom is -0.872 e. The molecule has 2 aromatic rings. The van der Waals surface area contributed by atoms with Crippen molar-refractivity contribution in [2.45, 2.75) is 0 Å². The molecular formula is C17H11N2O5S3-. The van der Waals surface area contributed by atoms with Gasteiger partial charge in [-0.3, -0.25) is 14.5 Å². The number of benzene rings is 1. The van der Waals surface area contributed by atoms with Crippen molar-refractivity contribution >= 4 is 69.2 Å². The summed E-state index contributed by atoms with van der Waals surface area (Å²) in [6, 6.07) is 7.16. The van der Waals surface area contributed by atoms with Crippen molar-refractivity contribution in [3.63, 3.8) is 0 Å². The first-order chi connectivity index (χ1) is 12.8. The molecule has 0 unspecified atom stereocenters. The highest BCUT2D eigenvalue weighted by Gasteiger charge is 2.33. The molecule has 138 valence electrons. The Balaban J connectivity index is 1.69. The maximum atomic E-state index is 12.5. The molecule has 2 amide bonds. The lowest BCUT2D eigenvalue weighted by atomic mass is 10.2. The fourth-order valence-corrected chi connectivity index (χ4v) is 4.24. The average molecular weight is 419 g/mol. The Morgan fingerprint density at radius 2 is 2.11 bits per heavy atom. The lowest BCUT2D eigenvalue weighted by Crippen LogP contribution is -2.36. The first kappa shape index (κ1) is 19.1. The van der Waals surface area contributed by atoms with Crippen LogP contribution in [0.5, 0.6) is 5.75 Å². The lowest BCUT2D eigenvalue weighted by molar-refractivity contribution is -0.268. The van der Waals surface area contributed by atoms with Crippen LogP contribution in [0.25, 0.3) is 6.08 Å². The van der Waals surface area contributed by atoms with Crippen LogP contribution in [-0.4, -0.2) is 38.7 Å². The summed E-state index contributed by atoms with van der Waals surface area (Å²) in [5.41, 5.74) is -0.297. The van der Waals surface area contributed by atoms with Crippen LogP contribution >= 0.6 is 35.3 Å². The van der Waals surface area contributed by atoms with Gasteiger partial charge in [-0.2, -0.15) is 0 Å². The van der Waals surface area contributed by atoms with E-state index >= 15 is 0 Å². The second-order valence-corrected chi connectivity index (χ2v) is 8.00. The molecule has 0 radical (unpaired) electrons. The van der Waals surface area contributed by atoms with E-state index in [-0.39, 0.29) is 22.5 Å². The van der Waals surface area contributed by atoms with Crippen molar-refractivity contribution in [3.8, 4) is 5.75 Å². The Morgan fingerprint density at radius 3 is 2.78 bits per heavy atom. The average Bonchev–Trinajstić information content (AvgIpc) is 3.21. The summed E-state index contributed by atoms with van der Waals surface area (Å²) in [7, 11) is 0. The van der Waals surface area contributed by atoms with E-state index in [1.807, 2.05) is 17.5 Å². The van der Waals surface area contributed by atoms with Gasteiger partial charge >= 0.3 is 5.97 Å². The van der Waals surface area contributed by atoms with Crippen LogP contribution in [0.15, 0.2) is 40.6 Å². The zero-order valence-electron chi connectivity index (χ0n) is 13.5. The van der Waals surface area contributed by atoms with E-state index in [9.17, 15) is 19.5 Å². The first-order valence-corrected chi connectivity index (χ1v) is 9.58. The molecule has 7 nitrogen and oxygen atoms in total. The Bertz CT molecular complexity index is 969. The molecule has 3 rings (SSSR count). The number of carboxylic acids is 1. The molecule has 1 aromatic carbocycles. The summed E-state index contributed by atoms with van der Waals surface area (Å²) in [4.78, 5) is 38.2. The van der Waals surface area contributed by atoms with Gasteiger partial charge in [0.25, 0.3) is 5.91 Å². The summed E-state index contributed by atoms with van der Waals surface area (Å²) in [6.45, 7) is -0.312. The molecular weight excluding hydrogens is 408 g/mol. The first-order valence-electron chi connectivity index (χ1n) is 7.48. The minimum absolute atomic E-state index is 0.150. The maximum absolute atomic E-state index is 12.5. The highest BCUT2D eigenvalue weighted by atomic mass is 32.2. The number of anilines is 1. The number of amides is 2. The number of carbonyl (C=O) groups is 3. The molecule has 0 atom stereocenters. The Labute approximate surface area is 167 Å². The van der Waals surface area contributed by atoms with Crippen molar-refractivity contribution in [2.75, 3.05) is 11.9 Å². The molecule has 10 heteroatoms. The van der Waals surface area contributed by atoms with Crippen molar-refractivity contribution in [2.24, 2.45) is 0 Å². The fourth-order valence-electron chi connectivity index (χ4n) is 2.26. The molecule has 2 N–H and O–H groups in total. The van der Waals surface area contributed by atoms with Crippen LogP contribution in [-0.2, 0) is 9.59 Å². The van der Waals surface area contributed by atoms with Gasteiger partial charge in [0.1, 0.15) is 10.9 Å². The third kappa shape index (κ3) is 4.35. The SMILES string of the molecule is O=C(CN1C(=O)/C(=C/c2cccs2)SC1=S)Nc1ccc([O-])c(C(=O)O)c1. The maximum Gasteiger partial charge on any atom is 0.335 e. The monoisotopic (exact) mass is 419 g/mol. The Kier molecular flexibility index (Phi) is 5.59. The molecule has 1 aromatic heterocycles. The van der Waals surface area contributed by atoms with E-state index < -0.39 is 23.2 Å². The standard InChI is InChI=1S/C17H12N2O5S3/c20-12-4-3-9(6-11(12)16(23)24)18-14(21)8-19-15(22)13(27-17(19)25)7-10-2-1-5-26-10/h1-7,20H,8H2,(H,18,21)(H,23,24)/p-1/b13-7-. The zero-order chi connectivity index (χ0) is 19.6. The number of hydrogen-bond donors (Lipinski definition) is 2. The number of carboxylic acid groups (broad SMARTS) is 1. The molecule has 0 bridgehead atoms. The van der Waals surface area contributed by atoms with Crippen LogP contribution in [0.4, 0.5) is 5.69 Å². The molecule has 2 heterocycles. The van der Waals surface area contributed by atoms with Gasteiger partial charge in [0.15, 0.2) is 0 Å². The quantitative estimate of drug-likeness (QED) is 0.565. The van der Waals surface area contributed by atoms with E-state index in [0.717, 1.165) is 28.8 Å². The molecule has 0 aliphatic carbocycles. The van der Waals surface area contributed by atoms with Gasteiger partial charge < -0.3 is 15.5 Å². The van der Waals surface area contributed by atoms with Crippen LogP contribution in [0, 0.1) is 0 Å². The van der Waals surface area contributed by atoms with E-state index in [2.05, 4.69) is 5.32 Å². The van der Waals surface area contributed by atoms with Gasteiger partial charge in [-0.25, -0.2) is 4.79 Å². The number of hydrogen-bond acceptors (Lipinski definition) is 7. The largest absolute Gasteiger partial charge is 0.872 e. The summed E-state index contributed by atoms with van der Waals surface area (Å²) in [6.07, 6.45) is 1.72. The number of carbonyl (C=O) groups excluding carboxylic acids is 2. The third-order valence-corrected chi connectivity index (χ3v) is 5.68. The highest BCUT2D eigenvalue weighted by Crippen LogP contribution is 2.33. The number of thiophene rings is 1. The minimum atomic E-state index is -1.38. The smallest absolute Gasteiger partial charge is 0.335 e. The molecule has 0 saturated carbocycles. The van der Waals surface area contributed by atoms with Crippen LogP contribution in [0.1, 0.15) is 15.2 Å². The number of nitrogens with zero attached hydrogens (tertiary/aromatic N) is 1. The second-order valence-electron chi connectivity index (χ2n) is 5.35. The molecule has 1 fully saturated rings. The summed E-state index contributed by atoms with van der Waals surface area (Å²) >= 11 is 7.77. The molecule has 0 spiro atoms. The number of thioether (sulfide) groups is 1. The van der Waals surface area contributed by atoms with Gasteiger partial charge in [-0.05, 0) is 29.7 Å². The zero-order valence-corrected chi connectivity index (χ0v) is 16.0. The van der Waals surface area contributed by atoms with E-state index in [1.165, 1.54) is 22.3 Å². The predicted octanol–water partition coefficient (Wildman–Crippen LogP) is 2.36. The topological polar surface area (TPSA) is 110 Å². The number of aromatic carboxylic acids is 1. The van der Waals surface area contributed by atoms with Gasteiger partial charge in [0.2, 0.25) is 5.91 Å². The van der Waals surface area contributed by atoms with Gasteiger partial charge in [0, 0.05) is 10.6 Å². The summed E-state index contributed by atoms with van der Waals surface area (Å²) < 4.78 is 0.263. The molecule has 27 heavy (non-hydrogen) atoms. The highest BCUT2D eigenvalue weighted by molar-refractivity contribution is 8.26. The third-order valence-electron chi connectivity index (χ3n) is 3.49. The Morgan fingerprint density at radius 1 is 1.33 bits per heavy atom. The number of thiocarbonyl (C=S) groups is 1. The van der Waals surface area contributed by atoms with E-state index in [0.29, 0.717) is 4.91 Å². The van der Waals surface area contributed by atoms with Crippen molar-refractivity contribution < 1.29 is 24.6 Å². The molecule has 1 aliphatic heterocycles. The van der Waals surface area contributed by atoms with Crippen molar-refractivity contribution in [1.82, 2.24) is 4.90 Å². The van der Waals surface area contributed by atoms with Crippen LogP contribution in [0.2, 0.25) is 0 Å². The van der Waals surface area contributed by atoms with Crippen LogP contribution in [0.3, 0.4) is 0 Å². The lowest BCUT2D eigenvalue weighted by Gasteiger charge is -2.15. The second kappa shape index (κ2) is 7.91. The van der Waals surface area contributed by atoms with E-state index in [4.69, 9.17) is 17.3 Å². The molecule has 1 saturated heterocycles.